The van der Waals surface area contributed by atoms with Crippen molar-refractivity contribution >= 4 is 21.8 Å². The molecule has 152 valence electrons. The van der Waals surface area contributed by atoms with Crippen molar-refractivity contribution < 1.29 is 22.4 Å². The number of carbonyl (C=O) groups excluding carboxylic acids is 2. The van der Waals surface area contributed by atoms with Gasteiger partial charge in [-0.1, -0.05) is 25.5 Å². The van der Waals surface area contributed by atoms with E-state index in [1.54, 1.807) is 6.92 Å². The average Bonchev–Trinajstić information content (AvgIpc) is 2.59. The van der Waals surface area contributed by atoms with Crippen molar-refractivity contribution in [2.24, 2.45) is 0 Å². The molecule has 0 fully saturated rings. The quantitative estimate of drug-likeness (QED) is 0.600. The first-order valence-electron chi connectivity index (χ1n) is 8.79. The van der Waals surface area contributed by atoms with Crippen molar-refractivity contribution in [2.45, 2.75) is 39.3 Å². The fraction of sp³-hybridized carbons (Fsp3) is 0.556. The number of hydrogen-bond donors (Lipinski definition) is 1. The number of likely N-dealkylation sites (N-methyl/N-ethyl adjacent to an activating group) is 1. The van der Waals surface area contributed by atoms with E-state index in [1.807, 2.05) is 6.92 Å². The number of halogens is 1. The van der Waals surface area contributed by atoms with Crippen molar-refractivity contribution in [3.8, 4) is 0 Å². The molecule has 0 unspecified atom stereocenters. The maximum absolute atomic E-state index is 13.1. The van der Waals surface area contributed by atoms with E-state index in [0.29, 0.717) is 12.1 Å². The second kappa shape index (κ2) is 10.4. The van der Waals surface area contributed by atoms with E-state index in [4.69, 9.17) is 0 Å². The van der Waals surface area contributed by atoms with E-state index in [0.717, 1.165) is 23.4 Å². The molecular weight excluding hydrogens is 373 g/mol. The molecule has 27 heavy (non-hydrogen) atoms. The molecule has 1 aromatic carbocycles. The first-order valence-corrected chi connectivity index (χ1v) is 10.6. The number of carbonyl (C=O) groups is 2. The zero-order valence-corrected chi connectivity index (χ0v) is 17.1. The van der Waals surface area contributed by atoms with Crippen LogP contribution in [0.5, 0.6) is 0 Å². The minimum atomic E-state index is -3.54. The molecule has 9 heteroatoms. The summed E-state index contributed by atoms with van der Waals surface area (Å²) in [4.78, 5) is 26.4. The molecule has 1 rings (SSSR count). The Kier molecular flexibility index (Phi) is 8.84. The van der Waals surface area contributed by atoms with Gasteiger partial charge in [0.1, 0.15) is 11.9 Å². The molecule has 1 aromatic rings. The zero-order chi connectivity index (χ0) is 20.6. The molecule has 0 aliphatic carbocycles. The summed E-state index contributed by atoms with van der Waals surface area (Å²) in [7, 11) is -2.24. The van der Waals surface area contributed by atoms with Crippen molar-refractivity contribution in [3.05, 3.63) is 35.6 Å². The van der Waals surface area contributed by atoms with Gasteiger partial charge in [0.2, 0.25) is 21.8 Å². The second-order valence-electron chi connectivity index (χ2n) is 6.49. The van der Waals surface area contributed by atoms with Crippen LogP contribution in [0.3, 0.4) is 0 Å². The average molecular weight is 402 g/mol. The Labute approximate surface area is 160 Å². The Bertz CT molecular complexity index is 737. The molecule has 7 nitrogen and oxygen atoms in total. The summed E-state index contributed by atoms with van der Waals surface area (Å²) >= 11 is 0. The maximum Gasteiger partial charge on any atom is 0.242 e. The van der Waals surface area contributed by atoms with Gasteiger partial charge in [0.25, 0.3) is 0 Å². The summed E-state index contributed by atoms with van der Waals surface area (Å²) in [5.41, 5.74) is 0.639. The van der Waals surface area contributed by atoms with E-state index < -0.39 is 27.8 Å². The first-order chi connectivity index (χ1) is 12.6. The molecule has 0 heterocycles. The van der Waals surface area contributed by atoms with Crippen LogP contribution in [0.2, 0.25) is 0 Å². The van der Waals surface area contributed by atoms with Crippen LogP contribution in [0.25, 0.3) is 0 Å². The fourth-order valence-corrected chi connectivity index (χ4v) is 2.65. The van der Waals surface area contributed by atoms with Gasteiger partial charge in [-0.2, -0.15) is 4.31 Å². The number of sulfonamides is 1. The Morgan fingerprint density at radius 3 is 2.33 bits per heavy atom. The fourth-order valence-electron chi connectivity index (χ4n) is 2.30. The van der Waals surface area contributed by atoms with Crippen molar-refractivity contribution in [1.29, 1.82) is 0 Å². The number of benzene rings is 1. The molecule has 1 N–H and O–H groups in total. The van der Waals surface area contributed by atoms with Crippen LogP contribution in [0, 0.1) is 5.82 Å². The van der Waals surface area contributed by atoms with Gasteiger partial charge in [-0.3, -0.25) is 9.59 Å². The van der Waals surface area contributed by atoms with Gasteiger partial charge in [-0.25, -0.2) is 12.8 Å². The van der Waals surface area contributed by atoms with Gasteiger partial charge in [0, 0.05) is 20.1 Å². The predicted octanol–water partition coefficient (Wildman–Crippen LogP) is 1.35. The topological polar surface area (TPSA) is 86.8 Å². The number of hydrogen-bond acceptors (Lipinski definition) is 4. The van der Waals surface area contributed by atoms with Crippen LogP contribution >= 0.6 is 0 Å². The summed E-state index contributed by atoms with van der Waals surface area (Å²) in [6.07, 6.45) is 2.75. The highest BCUT2D eigenvalue weighted by atomic mass is 32.2. The highest BCUT2D eigenvalue weighted by molar-refractivity contribution is 7.88. The Morgan fingerprint density at radius 1 is 1.22 bits per heavy atom. The molecule has 0 aliphatic heterocycles. The summed E-state index contributed by atoms with van der Waals surface area (Å²) in [5, 5.41) is 2.77. The predicted molar refractivity (Wildman–Crippen MR) is 102 cm³/mol. The number of rotatable bonds is 10. The molecular formula is C18H28FN3O4S. The third-order valence-electron chi connectivity index (χ3n) is 4.19. The van der Waals surface area contributed by atoms with E-state index in [2.05, 4.69) is 5.32 Å². The molecule has 0 spiro atoms. The lowest BCUT2D eigenvalue weighted by Gasteiger charge is -2.30. The van der Waals surface area contributed by atoms with E-state index in [1.165, 1.54) is 36.2 Å². The highest BCUT2D eigenvalue weighted by Gasteiger charge is 2.28. The van der Waals surface area contributed by atoms with Gasteiger partial charge in [-0.15, -0.1) is 0 Å². The van der Waals surface area contributed by atoms with Gasteiger partial charge < -0.3 is 10.2 Å². The number of nitrogens with zero attached hydrogens (tertiary/aromatic N) is 2. The molecule has 0 saturated carbocycles. The van der Waals surface area contributed by atoms with E-state index in [-0.39, 0.29) is 19.0 Å². The van der Waals surface area contributed by atoms with Crippen LogP contribution in [-0.4, -0.2) is 61.9 Å². The summed E-state index contributed by atoms with van der Waals surface area (Å²) in [6, 6.07) is 4.79. The van der Waals surface area contributed by atoms with Crippen molar-refractivity contribution in [3.63, 3.8) is 0 Å². The Morgan fingerprint density at radius 2 is 1.81 bits per heavy atom. The molecule has 0 saturated heterocycles. The number of unbranched alkanes of at least 4 members (excludes halogenated alkanes) is 1. The second-order valence-corrected chi connectivity index (χ2v) is 8.58. The van der Waals surface area contributed by atoms with Crippen LogP contribution in [0.4, 0.5) is 4.39 Å². The minimum Gasteiger partial charge on any atom is -0.354 e. The number of nitrogens with one attached hydrogen (secondary N) is 1. The third-order valence-corrected chi connectivity index (χ3v) is 5.45. The van der Waals surface area contributed by atoms with Crippen molar-refractivity contribution in [1.82, 2.24) is 14.5 Å². The molecule has 0 aromatic heterocycles. The van der Waals surface area contributed by atoms with Crippen LogP contribution in [0.1, 0.15) is 32.3 Å². The van der Waals surface area contributed by atoms with Gasteiger partial charge >= 0.3 is 0 Å². The lowest BCUT2D eigenvalue weighted by molar-refractivity contribution is -0.140. The number of amides is 2. The van der Waals surface area contributed by atoms with Crippen molar-refractivity contribution in [2.75, 3.05) is 26.4 Å². The smallest absolute Gasteiger partial charge is 0.242 e. The normalized spacial score (nSPS) is 12.7. The first kappa shape index (κ1) is 23.0. The molecule has 0 radical (unpaired) electrons. The van der Waals surface area contributed by atoms with Crippen LogP contribution in [-0.2, 0) is 26.2 Å². The molecule has 1 atom stereocenters. The van der Waals surface area contributed by atoms with E-state index >= 15 is 0 Å². The standard InChI is InChI=1S/C18H28FN3O4S/c1-5-6-11-20-18(24)14(2)22(12-15-7-9-16(19)10-8-15)17(23)13-21(3)27(4,25)26/h7-10,14H,5-6,11-13H2,1-4H3,(H,20,24)/t14-/m1/s1. The van der Waals surface area contributed by atoms with Gasteiger partial charge in [-0.05, 0) is 31.0 Å². The molecule has 2 amide bonds. The Balaban J connectivity index is 2.98. The monoisotopic (exact) mass is 401 g/mol. The lowest BCUT2D eigenvalue weighted by atomic mass is 10.1. The molecule has 0 aliphatic rings. The Hall–Kier alpha value is -2.00. The zero-order valence-electron chi connectivity index (χ0n) is 16.2. The molecule has 0 bridgehead atoms. The summed E-state index contributed by atoms with van der Waals surface area (Å²) in [6.45, 7) is 3.78. The van der Waals surface area contributed by atoms with Crippen LogP contribution in [0.15, 0.2) is 24.3 Å². The largest absolute Gasteiger partial charge is 0.354 e. The maximum atomic E-state index is 13.1. The SMILES string of the molecule is CCCCNC(=O)[C@@H](C)N(Cc1ccc(F)cc1)C(=O)CN(C)S(C)(=O)=O. The van der Waals surface area contributed by atoms with Gasteiger partial charge in [0.15, 0.2) is 0 Å². The highest BCUT2D eigenvalue weighted by Crippen LogP contribution is 2.12. The summed E-state index contributed by atoms with van der Waals surface area (Å²) in [5.74, 6) is -1.23. The summed E-state index contributed by atoms with van der Waals surface area (Å²) < 4.78 is 37.2. The van der Waals surface area contributed by atoms with Gasteiger partial charge in [0.05, 0.1) is 12.8 Å². The lowest BCUT2D eigenvalue weighted by Crippen LogP contribution is -2.50. The third kappa shape index (κ3) is 7.64. The van der Waals surface area contributed by atoms with Crippen LogP contribution < -0.4 is 5.32 Å². The van der Waals surface area contributed by atoms with E-state index in [9.17, 15) is 22.4 Å². The minimum absolute atomic E-state index is 0.0685.